The van der Waals surface area contributed by atoms with Crippen molar-refractivity contribution in [1.29, 1.82) is 0 Å². The highest BCUT2D eigenvalue weighted by molar-refractivity contribution is 5.61. The smallest absolute Gasteiger partial charge is 0.0992 e. The second-order valence-corrected chi connectivity index (χ2v) is 5.04. The van der Waals surface area contributed by atoms with Gasteiger partial charge in [0.1, 0.15) is 0 Å². The highest BCUT2D eigenvalue weighted by Gasteiger charge is 2.22. The zero-order valence-electron chi connectivity index (χ0n) is 11.1. The summed E-state index contributed by atoms with van der Waals surface area (Å²) in [5.74, 6) is 0.593. The number of benzene rings is 1. The molecule has 100 valence electrons. The SMILES string of the molecule is CC(Nc1ccccc1-n1ccnc1)C1CCOC1. The molecule has 2 heterocycles. The Labute approximate surface area is 113 Å². The lowest BCUT2D eigenvalue weighted by atomic mass is 10.0. The molecule has 19 heavy (non-hydrogen) atoms. The molecule has 1 aliphatic rings. The molecule has 0 spiro atoms. The van der Waals surface area contributed by atoms with Gasteiger partial charge in [-0.15, -0.1) is 0 Å². The summed E-state index contributed by atoms with van der Waals surface area (Å²) in [4.78, 5) is 4.11. The Morgan fingerprint density at radius 2 is 2.32 bits per heavy atom. The second-order valence-electron chi connectivity index (χ2n) is 5.04. The molecule has 2 atom stereocenters. The van der Waals surface area contributed by atoms with Crippen molar-refractivity contribution in [1.82, 2.24) is 9.55 Å². The van der Waals surface area contributed by atoms with Gasteiger partial charge in [-0.3, -0.25) is 0 Å². The Morgan fingerprint density at radius 1 is 1.42 bits per heavy atom. The molecule has 0 aliphatic carbocycles. The van der Waals surface area contributed by atoms with Crippen LogP contribution in [0.2, 0.25) is 0 Å². The third-order valence-corrected chi connectivity index (χ3v) is 3.74. The minimum Gasteiger partial charge on any atom is -0.381 e. The number of hydrogen-bond acceptors (Lipinski definition) is 3. The zero-order valence-corrected chi connectivity index (χ0v) is 11.1. The zero-order chi connectivity index (χ0) is 13.1. The fraction of sp³-hybridized carbons (Fsp3) is 0.400. The van der Waals surface area contributed by atoms with Crippen molar-refractivity contribution in [2.45, 2.75) is 19.4 Å². The summed E-state index contributed by atoms with van der Waals surface area (Å²) >= 11 is 0. The largest absolute Gasteiger partial charge is 0.381 e. The van der Waals surface area contributed by atoms with Crippen LogP contribution in [0.1, 0.15) is 13.3 Å². The van der Waals surface area contributed by atoms with Crippen molar-refractivity contribution in [3.8, 4) is 5.69 Å². The highest BCUT2D eigenvalue weighted by atomic mass is 16.5. The molecule has 2 unspecified atom stereocenters. The summed E-state index contributed by atoms with van der Waals surface area (Å²) in [7, 11) is 0. The summed E-state index contributed by atoms with van der Waals surface area (Å²) in [6.07, 6.45) is 6.72. The van der Waals surface area contributed by atoms with Crippen molar-refractivity contribution in [3.63, 3.8) is 0 Å². The number of anilines is 1. The van der Waals surface area contributed by atoms with Gasteiger partial charge in [0.15, 0.2) is 0 Å². The van der Waals surface area contributed by atoms with E-state index in [1.807, 2.05) is 23.2 Å². The first-order valence-corrected chi connectivity index (χ1v) is 6.76. The number of imidazole rings is 1. The lowest BCUT2D eigenvalue weighted by Gasteiger charge is -2.22. The van der Waals surface area contributed by atoms with E-state index in [1.165, 1.54) is 0 Å². The van der Waals surface area contributed by atoms with E-state index in [0.29, 0.717) is 12.0 Å². The van der Waals surface area contributed by atoms with Crippen LogP contribution < -0.4 is 5.32 Å². The van der Waals surface area contributed by atoms with Crippen LogP contribution >= 0.6 is 0 Å². The van der Waals surface area contributed by atoms with Gasteiger partial charge in [0.25, 0.3) is 0 Å². The monoisotopic (exact) mass is 257 g/mol. The molecular weight excluding hydrogens is 238 g/mol. The summed E-state index contributed by atoms with van der Waals surface area (Å²) < 4.78 is 7.49. The molecule has 3 rings (SSSR count). The van der Waals surface area contributed by atoms with Gasteiger partial charge >= 0.3 is 0 Å². The molecule has 0 saturated carbocycles. The molecule has 1 aromatic carbocycles. The number of rotatable bonds is 4. The van der Waals surface area contributed by atoms with E-state index in [-0.39, 0.29) is 0 Å². The quantitative estimate of drug-likeness (QED) is 0.915. The molecule has 1 aliphatic heterocycles. The Bertz CT molecular complexity index is 518. The fourth-order valence-corrected chi connectivity index (χ4v) is 2.53. The number of ether oxygens (including phenoxy) is 1. The Hall–Kier alpha value is -1.81. The van der Waals surface area contributed by atoms with Gasteiger partial charge in [-0.05, 0) is 25.5 Å². The Kier molecular flexibility index (Phi) is 3.51. The third kappa shape index (κ3) is 2.63. The van der Waals surface area contributed by atoms with Gasteiger partial charge < -0.3 is 14.6 Å². The van der Waals surface area contributed by atoms with E-state index in [4.69, 9.17) is 4.74 Å². The molecule has 1 saturated heterocycles. The van der Waals surface area contributed by atoms with Crippen LogP contribution in [0, 0.1) is 5.92 Å². The average Bonchev–Trinajstić information content (AvgIpc) is 3.13. The van der Waals surface area contributed by atoms with Gasteiger partial charge in [0, 0.05) is 31.0 Å². The van der Waals surface area contributed by atoms with Crippen molar-refractivity contribution in [2.75, 3.05) is 18.5 Å². The van der Waals surface area contributed by atoms with Crippen LogP contribution in [-0.4, -0.2) is 28.8 Å². The molecule has 1 N–H and O–H groups in total. The summed E-state index contributed by atoms with van der Waals surface area (Å²) in [6.45, 7) is 3.98. The Morgan fingerprint density at radius 3 is 3.05 bits per heavy atom. The van der Waals surface area contributed by atoms with Crippen LogP contribution in [0.3, 0.4) is 0 Å². The normalized spacial score (nSPS) is 20.4. The lowest BCUT2D eigenvalue weighted by molar-refractivity contribution is 0.183. The van der Waals surface area contributed by atoms with E-state index < -0.39 is 0 Å². The van der Waals surface area contributed by atoms with Crippen LogP contribution in [0.5, 0.6) is 0 Å². The maximum atomic E-state index is 5.46. The highest BCUT2D eigenvalue weighted by Crippen LogP contribution is 2.24. The average molecular weight is 257 g/mol. The van der Waals surface area contributed by atoms with Crippen LogP contribution in [0.15, 0.2) is 43.0 Å². The van der Waals surface area contributed by atoms with Gasteiger partial charge in [-0.2, -0.15) is 0 Å². The minimum atomic E-state index is 0.409. The van der Waals surface area contributed by atoms with E-state index in [2.05, 4.69) is 35.4 Å². The van der Waals surface area contributed by atoms with Gasteiger partial charge in [-0.1, -0.05) is 12.1 Å². The molecule has 1 aromatic heterocycles. The summed E-state index contributed by atoms with van der Waals surface area (Å²) in [5.41, 5.74) is 2.27. The Balaban J connectivity index is 1.80. The number of hydrogen-bond donors (Lipinski definition) is 1. The molecular formula is C15H19N3O. The third-order valence-electron chi connectivity index (χ3n) is 3.74. The van der Waals surface area contributed by atoms with E-state index in [9.17, 15) is 0 Å². The van der Waals surface area contributed by atoms with Crippen molar-refractivity contribution in [2.24, 2.45) is 5.92 Å². The molecule has 4 heteroatoms. The van der Waals surface area contributed by atoms with E-state index in [0.717, 1.165) is 31.0 Å². The fourth-order valence-electron chi connectivity index (χ4n) is 2.53. The second kappa shape index (κ2) is 5.45. The lowest BCUT2D eigenvalue weighted by Crippen LogP contribution is -2.26. The molecule has 2 aromatic rings. The number of aromatic nitrogens is 2. The van der Waals surface area contributed by atoms with Gasteiger partial charge in [-0.25, -0.2) is 4.98 Å². The molecule has 1 fully saturated rings. The topological polar surface area (TPSA) is 39.1 Å². The number of para-hydroxylation sites is 2. The minimum absolute atomic E-state index is 0.409. The van der Waals surface area contributed by atoms with Gasteiger partial charge in [0.05, 0.1) is 24.3 Å². The molecule has 0 bridgehead atoms. The molecule has 4 nitrogen and oxygen atoms in total. The first-order valence-electron chi connectivity index (χ1n) is 6.76. The van der Waals surface area contributed by atoms with E-state index in [1.54, 1.807) is 6.20 Å². The summed E-state index contributed by atoms with van der Waals surface area (Å²) in [6, 6.07) is 8.72. The number of nitrogens with one attached hydrogen (secondary N) is 1. The van der Waals surface area contributed by atoms with E-state index >= 15 is 0 Å². The summed E-state index contributed by atoms with van der Waals surface area (Å²) in [5, 5.41) is 3.61. The standard InChI is InChI=1S/C15H19N3O/c1-12(13-6-9-19-10-13)17-14-4-2-3-5-15(14)18-8-7-16-11-18/h2-5,7-8,11-13,17H,6,9-10H2,1H3. The predicted octanol–water partition coefficient (Wildman–Crippen LogP) is 2.71. The van der Waals surface area contributed by atoms with Crippen LogP contribution in [0.4, 0.5) is 5.69 Å². The maximum absolute atomic E-state index is 5.46. The predicted molar refractivity (Wildman–Crippen MR) is 75.6 cm³/mol. The van der Waals surface area contributed by atoms with Crippen molar-refractivity contribution < 1.29 is 4.74 Å². The molecule has 0 amide bonds. The maximum Gasteiger partial charge on any atom is 0.0992 e. The van der Waals surface area contributed by atoms with Crippen LogP contribution in [-0.2, 0) is 4.74 Å². The van der Waals surface area contributed by atoms with Crippen molar-refractivity contribution in [3.05, 3.63) is 43.0 Å². The van der Waals surface area contributed by atoms with Gasteiger partial charge in [0.2, 0.25) is 0 Å². The van der Waals surface area contributed by atoms with Crippen molar-refractivity contribution >= 4 is 5.69 Å². The number of nitrogens with zero attached hydrogens (tertiary/aromatic N) is 2. The first kappa shape index (κ1) is 12.2. The first-order chi connectivity index (χ1) is 9.34. The molecule has 0 radical (unpaired) electrons. The van der Waals surface area contributed by atoms with Crippen LogP contribution in [0.25, 0.3) is 5.69 Å².